The van der Waals surface area contributed by atoms with Gasteiger partial charge in [0.25, 0.3) is 5.89 Å². The van der Waals surface area contributed by atoms with Crippen molar-refractivity contribution >= 4 is 11.8 Å². The number of nitrogens with zero attached hydrogens (tertiary/aromatic N) is 2. The molecule has 0 saturated carbocycles. The average molecular weight is 412 g/mol. The van der Waals surface area contributed by atoms with Gasteiger partial charge < -0.3 is 23.5 Å². The molecule has 0 atom stereocenters. The molecule has 0 unspecified atom stereocenters. The highest BCUT2D eigenvalue weighted by atomic mass is 16.6. The molecule has 3 rings (SSSR count). The number of Topliss-reactive ketones (excluding diaryl/α,β-unsaturated/α-hetero) is 1. The highest BCUT2D eigenvalue weighted by Gasteiger charge is 2.14. The summed E-state index contributed by atoms with van der Waals surface area (Å²) >= 11 is 0. The van der Waals surface area contributed by atoms with Gasteiger partial charge in [-0.15, -0.1) is 0 Å². The summed E-state index contributed by atoms with van der Waals surface area (Å²) in [5.74, 6) is 1.37. The van der Waals surface area contributed by atoms with Gasteiger partial charge in [0.15, 0.2) is 30.5 Å². The van der Waals surface area contributed by atoms with Crippen molar-refractivity contribution in [3.63, 3.8) is 0 Å². The molecule has 0 fully saturated rings. The minimum absolute atomic E-state index is 0.0482. The second kappa shape index (κ2) is 9.55. The molecule has 9 heteroatoms. The lowest BCUT2D eigenvalue weighted by molar-refractivity contribution is -0.148. The van der Waals surface area contributed by atoms with Gasteiger partial charge in [-0.1, -0.05) is 5.16 Å². The number of benzene rings is 2. The summed E-state index contributed by atoms with van der Waals surface area (Å²) in [6.45, 7) is 0.989. The topological polar surface area (TPSA) is 110 Å². The zero-order valence-corrected chi connectivity index (χ0v) is 16.7. The number of methoxy groups -OCH3 is 2. The van der Waals surface area contributed by atoms with Crippen LogP contribution in [-0.4, -0.2) is 42.7 Å². The summed E-state index contributed by atoms with van der Waals surface area (Å²) < 4.78 is 26.0. The zero-order chi connectivity index (χ0) is 21.5. The monoisotopic (exact) mass is 412 g/mol. The molecule has 0 saturated heterocycles. The molecule has 0 radical (unpaired) electrons. The smallest absolute Gasteiger partial charge is 0.344 e. The van der Waals surface area contributed by atoms with Crippen LogP contribution in [0.25, 0.3) is 11.4 Å². The predicted octanol–water partition coefficient (Wildman–Crippen LogP) is 3.08. The van der Waals surface area contributed by atoms with Gasteiger partial charge in [0.1, 0.15) is 5.75 Å². The fraction of sp³-hybridized carbons (Fsp3) is 0.238. The minimum atomic E-state index is -0.600. The number of hydrogen-bond acceptors (Lipinski definition) is 9. The molecular weight excluding hydrogens is 392 g/mol. The van der Waals surface area contributed by atoms with E-state index in [0.29, 0.717) is 34.2 Å². The molecular formula is C21H20N2O7. The van der Waals surface area contributed by atoms with Gasteiger partial charge in [-0.2, -0.15) is 4.98 Å². The number of carbonyl (C=O) groups excluding carboxylic acids is 2. The Bertz CT molecular complexity index is 1030. The van der Waals surface area contributed by atoms with Gasteiger partial charge >= 0.3 is 5.97 Å². The van der Waals surface area contributed by atoms with Gasteiger partial charge in [0, 0.05) is 11.1 Å². The average Bonchev–Trinajstić information content (AvgIpc) is 3.25. The predicted molar refractivity (Wildman–Crippen MR) is 105 cm³/mol. The van der Waals surface area contributed by atoms with Crippen LogP contribution in [-0.2, 0) is 16.1 Å². The Labute approximate surface area is 172 Å². The number of ether oxygens (including phenoxy) is 4. The normalized spacial score (nSPS) is 10.4. The number of ketones is 1. The van der Waals surface area contributed by atoms with Crippen molar-refractivity contribution in [3.8, 4) is 28.6 Å². The molecule has 0 aliphatic heterocycles. The van der Waals surface area contributed by atoms with E-state index in [1.54, 1.807) is 49.6 Å². The number of esters is 1. The van der Waals surface area contributed by atoms with Crippen molar-refractivity contribution in [3.05, 3.63) is 53.9 Å². The van der Waals surface area contributed by atoms with E-state index in [2.05, 4.69) is 10.1 Å². The Hall–Kier alpha value is -3.88. The number of rotatable bonds is 9. The Balaban J connectivity index is 1.52. The van der Waals surface area contributed by atoms with E-state index in [1.807, 2.05) is 0 Å². The molecule has 156 valence electrons. The second-order valence-electron chi connectivity index (χ2n) is 6.11. The van der Waals surface area contributed by atoms with Crippen molar-refractivity contribution in [1.82, 2.24) is 10.1 Å². The quantitative estimate of drug-likeness (QED) is 0.387. The van der Waals surface area contributed by atoms with Crippen molar-refractivity contribution in [1.29, 1.82) is 0 Å². The highest BCUT2D eigenvalue weighted by Crippen LogP contribution is 2.31. The van der Waals surface area contributed by atoms with Crippen LogP contribution < -0.4 is 14.2 Å². The third kappa shape index (κ3) is 5.13. The molecule has 0 N–H and O–H groups in total. The van der Waals surface area contributed by atoms with Crippen LogP contribution in [0, 0.1) is 0 Å². The summed E-state index contributed by atoms with van der Waals surface area (Å²) in [6.07, 6.45) is 0. The van der Waals surface area contributed by atoms with Gasteiger partial charge in [-0.05, 0) is 49.4 Å². The van der Waals surface area contributed by atoms with E-state index in [1.165, 1.54) is 14.0 Å². The van der Waals surface area contributed by atoms with E-state index in [-0.39, 0.29) is 24.9 Å². The number of carbonyl (C=O) groups is 2. The van der Waals surface area contributed by atoms with Crippen LogP contribution in [0.4, 0.5) is 0 Å². The lowest BCUT2D eigenvalue weighted by atomic mass is 10.1. The summed E-state index contributed by atoms with van der Waals surface area (Å²) in [6, 6.07) is 11.7. The molecule has 30 heavy (non-hydrogen) atoms. The SMILES string of the molecule is COc1ccc(-c2noc(COC(=O)COc3ccc(C(C)=O)cc3)n2)cc1OC. The number of hydrogen-bond donors (Lipinski definition) is 0. The summed E-state index contributed by atoms with van der Waals surface area (Å²) in [7, 11) is 3.08. The molecule has 2 aromatic carbocycles. The van der Waals surface area contributed by atoms with E-state index in [4.69, 9.17) is 23.5 Å². The molecule has 0 bridgehead atoms. The van der Waals surface area contributed by atoms with Crippen LogP contribution >= 0.6 is 0 Å². The maximum atomic E-state index is 11.9. The number of aromatic nitrogens is 2. The van der Waals surface area contributed by atoms with Crippen molar-refractivity contribution in [2.24, 2.45) is 0 Å². The molecule has 0 amide bonds. The Kier molecular flexibility index (Phi) is 6.63. The highest BCUT2D eigenvalue weighted by molar-refractivity contribution is 5.94. The molecule has 3 aromatic rings. The third-order valence-corrected chi connectivity index (χ3v) is 4.08. The molecule has 0 aliphatic rings. The maximum absolute atomic E-state index is 11.9. The van der Waals surface area contributed by atoms with Crippen LogP contribution in [0.15, 0.2) is 47.0 Å². The van der Waals surface area contributed by atoms with E-state index in [0.717, 1.165) is 0 Å². The van der Waals surface area contributed by atoms with E-state index >= 15 is 0 Å². The third-order valence-electron chi connectivity index (χ3n) is 4.08. The first-order valence-corrected chi connectivity index (χ1v) is 8.94. The van der Waals surface area contributed by atoms with Gasteiger partial charge in [-0.25, -0.2) is 4.79 Å². The minimum Gasteiger partial charge on any atom is -0.493 e. The van der Waals surface area contributed by atoms with Crippen LogP contribution in [0.3, 0.4) is 0 Å². The Morgan fingerprint density at radius 3 is 2.40 bits per heavy atom. The maximum Gasteiger partial charge on any atom is 0.344 e. The molecule has 1 aromatic heterocycles. The first-order chi connectivity index (χ1) is 14.5. The largest absolute Gasteiger partial charge is 0.493 e. The first-order valence-electron chi connectivity index (χ1n) is 8.94. The van der Waals surface area contributed by atoms with Crippen LogP contribution in [0.1, 0.15) is 23.2 Å². The Morgan fingerprint density at radius 1 is 1.00 bits per heavy atom. The first kappa shape index (κ1) is 20.8. The molecule has 0 aliphatic carbocycles. The van der Waals surface area contributed by atoms with Crippen LogP contribution in [0.5, 0.6) is 17.2 Å². The van der Waals surface area contributed by atoms with Gasteiger partial charge in [0.2, 0.25) is 5.82 Å². The standard InChI is InChI=1S/C21H20N2O7/c1-13(24)14-4-7-16(8-5-14)28-12-20(25)29-11-19-22-21(23-30-19)15-6-9-17(26-2)18(10-15)27-3/h4-10H,11-12H2,1-3H3. The summed E-state index contributed by atoms with van der Waals surface area (Å²) in [4.78, 5) is 27.3. The lowest BCUT2D eigenvalue weighted by Gasteiger charge is -2.07. The fourth-order valence-electron chi connectivity index (χ4n) is 2.52. The lowest BCUT2D eigenvalue weighted by Crippen LogP contribution is -2.14. The summed E-state index contributed by atoms with van der Waals surface area (Å²) in [5, 5.41) is 3.88. The van der Waals surface area contributed by atoms with Crippen LogP contribution in [0.2, 0.25) is 0 Å². The molecule has 9 nitrogen and oxygen atoms in total. The second-order valence-corrected chi connectivity index (χ2v) is 6.11. The Morgan fingerprint density at radius 2 is 1.73 bits per heavy atom. The molecule has 0 spiro atoms. The van der Waals surface area contributed by atoms with Crippen molar-refractivity contribution in [2.75, 3.05) is 20.8 Å². The molecule has 1 heterocycles. The van der Waals surface area contributed by atoms with Gasteiger partial charge in [-0.3, -0.25) is 4.79 Å². The summed E-state index contributed by atoms with van der Waals surface area (Å²) in [5.41, 5.74) is 1.22. The van der Waals surface area contributed by atoms with E-state index in [9.17, 15) is 9.59 Å². The van der Waals surface area contributed by atoms with E-state index < -0.39 is 5.97 Å². The fourth-order valence-corrected chi connectivity index (χ4v) is 2.52. The van der Waals surface area contributed by atoms with Crippen molar-refractivity contribution in [2.45, 2.75) is 13.5 Å². The zero-order valence-electron chi connectivity index (χ0n) is 16.7. The van der Waals surface area contributed by atoms with Crippen molar-refractivity contribution < 1.29 is 33.1 Å². The van der Waals surface area contributed by atoms with Gasteiger partial charge in [0.05, 0.1) is 14.2 Å².